The van der Waals surface area contributed by atoms with Crippen molar-refractivity contribution in [2.75, 3.05) is 18.1 Å². The summed E-state index contributed by atoms with van der Waals surface area (Å²) in [5.41, 5.74) is 6.03. The number of aliphatic carboxylic acids is 2. The molecule has 10 nitrogen and oxygen atoms in total. The molecule has 6 N–H and O–H groups in total. The highest BCUT2D eigenvalue weighted by molar-refractivity contribution is 7.99. The normalized spacial score (nSPS) is 15.9. The lowest BCUT2D eigenvalue weighted by Crippen LogP contribution is -2.49. The van der Waals surface area contributed by atoms with Gasteiger partial charge in [0, 0.05) is 29.9 Å². The van der Waals surface area contributed by atoms with Gasteiger partial charge in [-0.2, -0.15) is 11.8 Å². The van der Waals surface area contributed by atoms with Crippen LogP contribution in [0.2, 0.25) is 0 Å². The fourth-order valence-corrected chi connectivity index (χ4v) is 3.47. The van der Waals surface area contributed by atoms with Gasteiger partial charge in [0.05, 0.1) is 0 Å². The Labute approximate surface area is 166 Å². The summed E-state index contributed by atoms with van der Waals surface area (Å²) in [6.07, 6.45) is 3.72. The first-order valence-corrected chi connectivity index (χ1v) is 9.93. The lowest BCUT2D eigenvalue weighted by Gasteiger charge is -2.19. The van der Waals surface area contributed by atoms with Crippen LogP contribution in [-0.4, -0.2) is 69.9 Å². The number of allylic oxidation sites excluding steroid dienone is 1. The van der Waals surface area contributed by atoms with Crippen molar-refractivity contribution >= 4 is 41.3 Å². The Hall–Kier alpha value is -2.40. The molecule has 0 spiro atoms. The minimum Gasteiger partial charge on any atom is -0.480 e. The number of carbonyl (C=O) groups excluding carboxylic acids is 3. The first kappa shape index (κ1) is 23.6. The van der Waals surface area contributed by atoms with Gasteiger partial charge in [-0.05, 0) is 19.3 Å². The Morgan fingerprint density at radius 1 is 1.25 bits per heavy atom. The number of ketones is 1. The molecule has 2 atom stereocenters. The molecule has 0 unspecified atom stereocenters. The number of thioether (sulfide) groups is 1. The van der Waals surface area contributed by atoms with E-state index < -0.39 is 42.4 Å². The van der Waals surface area contributed by atoms with Crippen LogP contribution in [0.1, 0.15) is 32.1 Å². The quantitative estimate of drug-likeness (QED) is 0.275. The first-order valence-electron chi connectivity index (χ1n) is 8.78. The second kappa shape index (κ2) is 12.1. The topological polar surface area (TPSA) is 176 Å². The number of carboxylic acid groups (broad SMARTS) is 2. The third kappa shape index (κ3) is 9.00. The molecule has 1 aliphatic rings. The number of Topliss-reactive ketones (excluding diaryl/α,β-unsaturated/α-hetero) is 1. The number of nitrogens with two attached hydrogens (primary N) is 1. The standard InChI is InChI=1S/C17H25N3O7S/c18-11(17(26)27)5-6-14(22)20-12(16(25)19-7-15(23)24)9-28-8-10-3-1-2-4-13(10)21/h3,11-12H,1-2,4-9,18H2,(H,19,25)(H,20,22)(H,23,24)(H,26,27)/t11-,12-/m0/s1. The van der Waals surface area contributed by atoms with Crippen molar-refractivity contribution in [2.24, 2.45) is 5.73 Å². The summed E-state index contributed by atoms with van der Waals surface area (Å²) in [5.74, 6) is -3.11. The van der Waals surface area contributed by atoms with Crippen LogP contribution < -0.4 is 16.4 Å². The molecule has 2 amide bonds. The van der Waals surface area contributed by atoms with Crippen molar-refractivity contribution in [1.29, 1.82) is 0 Å². The highest BCUT2D eigenvalue weighted by atomic mass is 32.2. The van der Waals surface area contributed by atoms with E-state index in [2.05, 4.69) is 10.6 Å². The molecule has 28 heavy (non-hydrogen) atoms. The molecule has 0 saturated carbocycles. The van der Waals surface area contributed by atoms with Gasteiger partial charge >= 0.3 is 11.9 Å². The van der Waals surface area contributed by atoms with Gasteiger partial charge in [0.2, 0.25) is 11.8 Å². The minimum atomic E-state index is -1.23. The molecule has 0 saturated heterocycles. The molecule has 1 rings (SSSR count). The molecule has 0 radical (unpaired) electrons. The van der Waals surface area contributed by atoms with Crippen molar-refractivity contribution in [2.45, 2.75) is 44.2 Å². The van der Waals surface area contributed by atoms with E-state index in [0.717, 1.165) is 12.8 Å². The molecular formula is C17H25N3O7S. The molecule has 0 aromatic carbocycles. The predicted molar refractivity (Wildman–Crippen MR) is 102 cm³/mol. The molecule has 0 aromatic heterocycles. The van der Waals surface area contributed by atoms with Gasteiger partial charge in [-0.25, -0.2) is 0 Å². The van der Waals surface area contributed by atoms with E-state index in [9.17, 15) is 24.0 Å². The maximum absolute atomic E-state index is 12.2. The summed E-state index contributed by atoms with van der Waals surface area (Å²) in [7, 11) is 0. The predicted octanol–water partition coefficient (Wildman–Crippen LogP) is -0.723. The average Bonchev–Trinajstić information content (AvgIpc) is 2.64. The largest absolute Gasteiger partial charge is 0.480 e. The minimum absolute atomic E-state index is 0.0670. The van der Waals surface area contributed by atoms with Crippen LogP contribution in [-0.2, 0) is 24.0 Å². The molecule has 11 heteroatoms. The highest BCUT2D eigenvalue weighted by Crippen LogP contribution is 2.19. The van der Waals surface area contributed by atoms with E-state index >= 15 is 0 Å². The lowest BCUT2D eigenvalue weighted by atomic mass is 10.00. The fourth-order valence-electron chi connectivity index (χ4n) is 2.38. The summed E-state index contributed by atoms with van der Waals surface area (Å²) < 4.78 is 0. The van der Waals surface area contributed by atoms with Gasteiger partial charge in [0.15, 0.2) is 5.78 Å². The zero-order chi connectivity index (χ0) is 21.1. The van der Waals surface area contributed by atoms with Gasteiger partial charge in [0.1, 0.15) is 18.6 Å². The zero-order valence-electron chi connectivity index (χ0n) is 15.3. The molecule has 0 bridgehead atoms. The number of carboxylic acids is 2. The lowest BCUT2D eigenvalue weighted by molar-refractivity contribution is -0.139. The molecule has 1 aliphatic carbocycles. The molecular weight excluding hydrogens is 390 g/mol. The second-order valence-electron chi connectivity index (χ2n) is 6.27. The van der Waals surface area contributed by atoms with Crippen molar-refractivity contribution in [3.8, 4) is 0 Å². The maximum Gasteiger partial charge on any atom is 0.322 e. The summed E-state index contributed by atoms with van der Waals surface area (Å²) in [5, 5.41) is 22.1. The Kier molecular flexibility index (Phi) is 10.2. The van der Waals surface area contributed by atoms with E-state index in [-0.39, 0.29) is 24.4 Å². The molecule has 0 heterocycles. The van der Waals surface area contributed by atoms with Crippen molar-refractivity contribution in [1.82, 2.24) is 10.6 Å². The van der Waals surface area contributed by atoms with Crippen LogP contribution in [0, 0.1) is 0 Å². The third-order valence-electron chi connectivity index (χ3n) is 3.96. The number of amides is 2. The van der Waals surface area contributed by atoms with Crippen LogP contribution in [0.3, 0.4) is 0 Å². The summed E-state index contributed by atoms with van der Waals surface area (Å²) in [6, 6.07) is -2.21. The Balaban J connectivity index is 2.59. The van der Waals surface area contributed by atoms with Crippen LogP contribution in [0.25, 0.3) is 0 Å². The van der Waals surface area contributed by atoms with Crippen LogP contribution in [0.15, 0.2) is 11.6 Å². The highest BCUT2D eigenvalue weighted by Gasteiger charge is 2.23. The van der Waals surface area contributed by atoms with Crippen molar-refractivity contribution in [3.63, 3.8) is 0 Å². The summed E-state index contributed by atoms with van der Waals surface area (Å²) in [4.78, 5) is 57.3. The molecule has 0 fully saturated rings. The van der Waals surface area contributed by atoms with Gasteiger partial charge < -0.3 is 26.6 Å². The number of carbonyl (C=O) groups is 5. The average molecular weight is 415 g/mol. The van der Waals surface area contributed by atoms with Crippen LogP contribution in [0.4, 0.5) is 0 Å². The van der Waals surface area contributed by atoms with Gasteiger partial charge in [0.25, 0.3) is 0 Å². The number of rotatable bonds is 12. The van der Waals surface area contributed by atoms with Crippen molar-refractivity contribution < 1.29 is 34.2 Å². The van der Waals surface area contributed by atoms with E-state index in [1.54, 1.807) is 0 Å². The number of nitrogens with one attached hydrogen (secondary N) is 2. The van der Waals surface area contributed by atoms with Gasteiger partial charge in [-0.15, -0.1) is 0 Å². The van der Waals surface area contributed by atoms with Gasteiger partial charge in [-0.1, -0.05) is 6.08 Å². The Bertz CT molecular complexity index is 651. The van der Waals surface area contributed by atoms with Crippen molar-refractivity contribution in [3.05, 3.63) is 11.6 Å². The molecule has 0 aromatic rings. The SMILES string of the molecule is N[C@@H](CCC(=O)N[C@@H](CSCC1=CCCCC1=O)C(=O)NCC(=O)O)C(=O)O. The zero-order valence-corrected chi connectivity index (χ0v) is 16.1. The molecule has 0 aliphatic heterocycles. The molecule has 156 valence electrons. The monoisotopic (exact) mass is 415 g/mol. The first-order chi connectivity index (χ1) is 13.2. The van der Waals surface area contributed by atoms with Crippen LogP contribution >= 0.6 is 11.8 Å². The Morgan fingerprint density at radius 2 is 1.96 bits per heavy atom. The van der Waals surface area contributed by atoms with E-state index in [1.807, 2.05) is 6.08 Å². The van der Waals surface area contributed by atoms with Crippen LogP contribution in [0.5, 0.6) is 0 Å². The van der Waals surface area contributed by atoms with E-state index in [1.165, 1.54) is 11.8 Å². The number of hydrogen-bond acceptors (Lipinski definition) is 7. The smallest absolute Gasteiger partial charge is 0.322 e. The summed E-state index contributed by atoms with van der Waals surface area (Å²) >= 11 is 1.27. The van der Waals surface area contributed by atoms with E-state index in [4.69, 9.17) is 15.9 Å². The second-order valence-corrected chi connectivity index (χ2v) is 7.31. The summed E-state index contributed by atoms with van der Waals surface area (Å²) in [6.45, 7) is -0.594. The number of hydrogen-bond donors (Lipinski definition) is 5. The van der Waals surface area contributed by atoms with Gasteiger partial charge in [-0.3, -0.25) is 24.0 Å². The van der Waals surface area contributed by atoms with E-state index in [0.29, 0.717) is 17.7 Å². The third-order valence-corrected chi connectivity index (χ3v) is 5.05. The fraction of sp³-hybridized carbons (Fsp3) is 0.588. The Morgan fingerprint density at radius 3 is 2.57 bits per heavy atom. The maximum atomic E-state index is 12.2.